The number of hydrogen-bond acceptors (Lipinski definition) is 3. The first-order chi connectivity index (χ1) is 10.6. The first kappa shape index (κ1) is 14.8. The second-order valence-electron chi connectivity index (χ2n) is 5.88. The van der Waals surface area contributed by atoms with Crippen molar-refractivity contribution < 1.29 is 9.59 Å². The lowest BCUT2D eigenvalue weighted by molar-refractivity contribution is 0.0655. The van der Waals surface area contributed by atoms with Gasteiger partial charge in [-0.05, 0) is 31.5 Å². The van der Waals surface area contributed by atoms with Gasteiger partial charge in [0.15, 0.2) is 0 Å². The van der Waals surface area contributed by atoms with Gasteiger partial charge in [0.2, 0.25) is 0 Å². The van der Waals surface area contributed by atoms with Gasteiger partial charge >= 0.3 is 6.03 Å². The summed E-state index contributed by atoms with van der Waals surface area (Å²) >= 11 is 0. The summed E-state index contributed by atoms with van der Waals surface area (Å²) in [6, 6.07) is 5.69. The van der Waals surface area contributed by atoms with E-state index in [1.165, 1.54) is 0 Å². The fourth-order valence-electron chi connectivity index (χ4n) is 3.15. The highest BCUT2D eigenvalue weighted by Crippen LogP contribution is 2.26. The van der Waals surface area contributed by atoms with Crippen LogP contribution in [0.25, 0.3) is 0 Å². The van der Waals surface area contributed by atoms with E-state index in [0.29, 0.717) is 25.2 Å². The number of amides is 3. The van der Waals surface area contributed by atoms with Crippen LogP contribution in [0.15, 0.2) is 18.2 Å². The van der Waals surface area contributed by atoms with E-state index in [1.54, 1.807) is 4.90 Å². The van der Waals surface area contributed by atoms with Crippen LogP contribution in [0.1, 0.15) is 22.8 Å². The second-order valence-corrected chi connectivity index (χ2v) is 5.88. The van der Waals surface area contributed by atoms with Gasteiger partial charge in [-0.15, -0.1) is 0 Å². The van der Waals surface area contributed by atoms with Crippen molar-refractivity contribution in [3.8, 4) is 0 Å². The van der Waals surface area contributed by atoms with Crippen LogP contribution in [-0.2, 0) is 0 Å². The van der Waals surface area contributed by atoms with Gasteiger partial charge in [0.25, 0.3) is 5.91 Å². The average molecular weight is 302 g/mol. The summed E-state index contributed by atoms with van der Waals surface area (Å²) in [5.74, 6) is 0.0490. The molecule has 2 aliphatic rings. The van der Waals surface area contributed by atoms with Crippen LogP contribution < -0.4 is 15.5 Å². The third-order valence-electron chi connectivity index (χ3n) is 4.45. The maximum absolute atomic E-state index is 12.9. The third-order valence-corrected chi connectivity index (χ3v) is 4.45. The minimum atomic E-state index is -0.0942. The Labute approximate surface area is 130 Å². The molecule has 0 spiro atoms. The second kappa shape index (κ2) is 5.96. The van der Waals surface area contributed by atoms with Crippen molar-refractivity contribution in [1.29, 1.82) is 0 Å². The fraction of sp³-hybridized carbons (Fsp3) is 0.500. The number of carbonyl (C=O) groups excluding carboxylic acids is 2. The third kappa shape index (κ3) is 2.54. The number of urea groups is 1. The maximum Gasteiger partial charge on any atom is 0.322 e. The summed E-state index contributed by atoms with van der Waals surface area (Å²) in [6.07, 6.45) is 0. The Morgan fingerprint density at radius 1 is 1.27 bits per heavy atom. The Morgan fingerprint density at radius 2 is 2.09 bits per heavy atom. The molecule has 0 aliphatic carbocycles. The van der Waals surface area contributed by atoms with Crippen LogP contribution in [0.3, 0.4) is 0 Å². The molecular formula is C16H22N4O2. The van der Waals surface area contributed by atoms with Gasteiger partial charge in [-0.1, -0.05) is 6.07 Å². The monoisotopic (exact) mass is 302 g/mol. The van der Waals surface area contributed by atoms with Crippen molar-refractivity contribution in [2.45, 2.75) is 19.9 Å². The lowest BCUT2D eigenvalue weighted by Crippen LogP contribution is -2.52. The molecule has 2 fully saturated rings. The molecule has 22 heavy (non-hydrogen) atoms. The quantitative estimate of drug-likeness (QED) is 0.855. The van der Waals surface area contributed by atoms with Crippen LogP contribution in [0.4, 0.5) is 10.5 Å². The zero-order chi connectivity index (χ0) is 15.7. The van der Waals surface area contributed by atoms with E-state index in [0.717, 1.165) is 24.3 Å². The molecule has 1 atom stereocenters. The number of rotatable bonds is 2. The number of hydrogen-bond donors (Lipinski definition) is 2. The predicted octanol–water partition coefficient (Wildman–Crippen LogP) is 0.959. The van der Waals surface area contributed by atoms with Crippen molar-refractivity contribution in [2.24, 2.45) is 0 Å². The van der Waals surface area contributed by atoms with Crippen LogP contribution in [0.2, 0.25) is 0 Å². The van der Waals surface area contributed by atoms with Crippen LogP contribution >= 0.6 is 0 Å². The van der Waals surface area contributed by atoms with Gasteiger partial charge in [0.05, 0.1) is 0 Å². The highest BCUT2D eigenvalue weighted by molar-refractivity contribution is 6.00. The molecule has 0 radical (unpaired) electrons. The molecule has 2 aliphatic heterocycles. The Kier molecular flexibility index (Phi) is 4.02. The highest BCUT2D eigenvalue weighted by atomic mass is 16.2. The summed E-state index contributed by atoms with van der Waals surface area (Å²) in [4.78, 5) is 28.3. The number of piperazine rings is 1. The zero-order valence-corrected chi connectivity index (χ0v) is 13.1. The fourth-order valence-corrected chi connectivity index (χ4v) is 3.15. The molecule has 2 heterocycles. The van der Waals surface area contributed by atoms with Crippen LogP contribution in [0, 0.1) is 6.92 Å². The minimum absolute atomic E-state index is 0.0490. The smallest absolute Gasteiger partial charge is 0.322 e. The Hall–Kier alpha value is -2.08. The molecule has 2 saturated heterocycles. The van der Waals surface area contributed by atoms with Gasteiger partial charge in [0.1, 0.15) is 0 Å². The molecule has 3 rings (SSSR count). The standard InChI is InChI=1S/C16H22N4O2/c1-11-10-17-6-8-19(11)15(21)13-4-3-5-14(12(13)2)20-9-7-18-16(20)22/h3-5,11,17H,6-10H2,1-2H3,(H,18,22)/t11-/m1/s1. The van der Waals surface area contributed by atoms with E-state index in [-0.39, 0.29) is 18.0 Å². The van der Waals surface area contributed by atoms with Crippen LogP contribution in [0.5, 0.6) is 0 Å². The molecular weight excluding hydrogens is 280 g/mol. The predicted molar refractivity (Wildman–Crippen MR) is 85.3 cm³/mol. The van der Waals surface area contributed by atoms with E-state index < -0.39 is 0 Å². The summed E-state index contributed by atoms with van der Waals surface area (Å²) in [5.41, 5.74) is 2.38. The van der Waals surface area contributed by atoms with Gasteiger partial charge in [0, 0.05) is 50.0 Å². The first-order valence-electron chi connectivity index (χ1n) is 7.76. The molecule has 1 aromatic carbocycles. The van der Waals surface area contributed by atoms with Crippen molar-refractivity contribution in [3.05, 3.63) is 29.3 Å². The largest absolute Gasteiger partial charge is 0.336 e. The molecule has 3 amide bonds. The maximum atomic E-state index is 12.9. The zero-order valence-electron chi connectivity index (χ0n) is 13.1. The normalized spacial score (nSPS) is 21.9. The van der Waals surface area contributed by atoms with E-state index in [1.807, 2.05) is 30.0 Å². The molecule has 0 unspecified atom stereocenters. The Bertz CT molecular complexity index is 602. The molecule has 0 bridgehead atoms. The van der Waals surface area contributed by atoms with E-state index in [9.17, 15) is 9.59 Å². The van der Waals surface area contributed by atoms with E-state index >= 15 is 0 Å². The average Bonchev–Trinajstić information content (AvgIpc) is 2.93. The number of anilines is 1. The molecule has 2 N–H and O–H groups in total. The van der Waals surface area contributed by atoms with Crippen LogP contribution in [-0.4, -0.2) is 55.6 Å². The van der Waals surface area contributed by atoms with Crippen molar-refractivity contribution in [1.82, 2.24) is 15.5 Å². The Balaban J connectivity index is 1.91. The first-order valence-corrected chi connectivity index (χ1v) is 7.76. The SMILES string of the molecule is Cc1c(C(=O)N2CCNC[C@H]2C)cccc1N1CCNC1=O. The minimum Gasteiger partial charge on any atom is -0.336 e. The molecule has 0 aromatic heterocycles. The van der Waals surface area contributed by atoms with Crippen molar-refractivity contribution in [2.75, 3.05) is 37.6 Å². The lowest BCUT2D eigenvalue weighted by atomic mass is 10.0. The summed E-state index contributed by atoms with van der Waals surface area (Å²) in [6.45, 7) is 7.61. The topological polar surface area (TPSA) is 64.7 Å². The Morgan fingerprint density at radius 3 is 2.77 bits per heavy atom. The van der Waals surface area contributed by atoms with Crippen molar-refractivity contribution in [3.63, 3.8) is 0 Å². The van der Waals surface area contributed by atoms with E-state index in [4.69, 9.17) is 0 Å². The number of nitrogens with zero attached hydrogens (tertiary/aromatic N) is 2. The van der Waals surface area contributed by atoms with E-state index in [2.05, 4.69) is 17.6 Å². The molecule has 6 nitrogen and oxygen atoms in total. The summed E-state index contributed by atoms with van der Waals surface area (Å²) < 4.78 is 0. The molecule has 6 heteroatoms. The molecule has 0 saturated carbocycles. The number of benzene rings is 1. The van der Waals surface area contributed by atoms with Gasteiger partial charge < -0.3 is 15.5 Å². The number of nitrogens with one attached hydrogen (secondary N) is 2. The summed E-state index contributed by atoms with van der Waals surface area (Å²) in [5, 5.41) is 6.09. The van der Waals surface area contributed by atoms with Gasteiger partial charge in [-0.2, -0.15) is 0 Å². The highest BCUT2D eigenvalue weighted by Gasteiger charge is 2.28. The molecule has 1 aromatic rings. The number of carbonyl (C=O) groups is 2. The van der Waals surface area contributed by atoms with Gasteiger partial charge in [-0.3, -0.25) is 9.69 Å². The van der Waals surface area contributed by atoms with Gasteiger partial charge in [-0.25, -0.2) is 4.79 Å². The lowest BCUT2D eigenvalue weighted by Gasteiger charge is -2.34. The van der Waals surface area contributed by atoms with Crippen molar-refractivity contribution >= 4 is 17.6 Å². The molecule has 118 valence electrons. The summed E-state index contributed by atoms with van der Waals surface area (Å²) in [7, 11) is 0.